The molecule has 1 N–H and O–H groups in total. The van der Waals surface area contributed by atoms with E-state index < -0.39 is 5.54 Å². The number of methoxy groups -OCH3 is 1. The second kappa shape index (κ2) is 7.55. The van der Waals surface area contributed by atoms with Crippen LogP contribution in [0.4, 0.5) is 0 Å². The molecule has 3 rings (SSSR count). The molecule has 5 nitrogen and oxygen atoms in total. The number of esters is 1. The van der Waals surface area contributed by atoms with Gasteiger partial charge in [-0.25, -0.2) is 4.79 Å². The van der Waals surface area contributed by atoms with Gasteiger partial charge in [0.05, 0.1) is 13.5 Å². The molecule has 0 atom stereocenters. The zero-order valence-corrected chi connectivity index (χ0v) is 14.5. The Morgan fingerprint density at radius 2 is 1.72 bits per heavy atom. The van der Waals surface area contributed by atoms with Gasteiger partial charge < -0.3 is 14.6 Å². The van der Waals surface area contributed by atoms with Crippen LogP contribution in [0.5, 0.6) is 0 Å². The van der Waals surface area contributed by atoms with E-state index in [2.05, 4.69) is 5.32 Å². The van der Waals surface area contributed by atoms with Gasteiger partial charge in [0.2, 0.25) is 5.91 Å². The summed E-state index contributed by atoms with van der Waals surface area (Å²) >= 11 is 0. The van der Waals surface area contributed by atoms with Crippen molar-refractivity contribution in [2.45, 2.75) is 44.1 Å². The van der Waals surface area contributed by atoms with Crippen molar-refractivity contribution in [2.24, 2.45) is 0 Å². The lowest BCUT2D eigenvalue weighted by molar-refractivity contribution is -0.152. The Kier molecular flexibility index (Phi) is 5.22. The molecule has 1 aliphatic rings. The second-order valence-corrected chi connectivity index (χ2v) is 6.62. The second-order valence-electron chi connectivity index (χ2n) is 6.62. The van der Waals surface area contributed by atoms with Gasteiger partial charge in [0.1, 0.15) is 5.54 Å². The molecule has 0 aliphatic heterocycles. The highest BCUT2D eigenvalue weighted by Crippen LogP contribution is 2.29. The summed E-state index contributed by atoms with van der Waals surface area (Å²) in [6.07, 6.45) is 8.47. The molecule has 0 bridgehead atoms. The number of benzene rings is 1. The van der Waals surface area contributed by atoms with Crippen molar-refractivity contribution in [3.8, 4) is 5.69 Å². The Morgan fingerprint density at radius 1 is 1.08 bits per heavy atom. The Balaban J connectivity index is 1.66. The maximum Gasteiger partial charge on any atom is 0.331 e. The first-order chi connectivity index (χ1) is 12.1. The number of carbonyl (C=O) groups is 2. The quantitative estimate of drug-likeness (QED) is 0.851. The maximum absolute atomic E-state index is 12.5. The van der Waals surface area contributed by atoms with Crippen LogP contribution in [0.1, 0.15) is 37.7 Å². The first kappa shape index (κ1) is 17.3. The Morgan fingerprint density at radius 3 is 2.32 bits per heavy atom. The van der Waals surface area contributed by atoms with E-state index in [1.54, 1.807) is 0 Å². The number of nitrogens with zero attached hydrogens (tertiary/aromatic N) is 1. The van der Waals surface area contributed by atoms with Crippen LogP contribution in [-0.2, 0) is 20.7 Å². The molecule has 1 aromatic carbocycles. The van der Waals surface area contributed by atoms with E-state index in [-0.39, 0.29) is 18.3 Å². The molecule has 132 valence electrons. The molecular weight excluding hydrogens is 316 g/mol. The topological polar surface area (TPSA) is 60.3 Å². The molecule has 0 saturated heterocycles. The third-order valence-electron chi connectivity index (χ3n) is 4.87. The van der Waals surface area contributed by atoms with Gasteiger partial charge >= 0.3 is 5.97 Å². The van der Waals surface area contributed by atoms with Gasteiger partial charge in [-0.3, -0.25) is 4.79 Å². The van der Waals surface area contributed by atoms with Crippen LogP contribution in [0, 0.1) is 0 Å². The number of carbonyl (C=O) groups excluding carboxylic acids is 2. The Bertz CT molecular complexity index is 714. The number of aromatic nitrogens is 1. The summed E-state index contributed by atoms with van der Waals surface area (Å²) in [5.41, 5.74) is 1.12. The van der Waals surface area contributed by atoms with Crippen molar-refractivity contribution < 1.29 is 14.3 Å². The third-order valence-corrected chi connectivity index (χ3v) is 4.87. The van der Waals surface area contributed by atoms with Crippen molar-refractivity contribution in [3.05, 3.63) is 54.4 Å². The SMILES string of the molecule is COC(=O)C1(NC(=O)Cc2ccc(-n3cccc3)cc2)CCCCC1. The third kappa shape index (κ3) is 3.92. The van der Waals surface area contributed by atoms with Crippen molar-refractivity contribution in [1.82, 2.24) is 9.88 Å². The maximum atomic E-state index is 12.5. The van der Waals surface area contributed by atoms with Gasteiger partial charge in [0, 0.05) is 18.1 Å². The minimum atomic E-state index is -0.852. The summed E-state index contributed by atoms with van der Waals surface area (Å²) in [6.45, 7) is 0. The molecule has 2 aromatic rings. The lowest BCUT2D eigenvalue weighted by atomic mass is 9.81. The van der Waals surface area contributed by atoms with Gasteiger partial charge in [-0.15, -0.1) is 0 Å². The van der Waals surface area contributed by atoms with Crippen LogP contribution in [0.3, 0.4) is 0 Å². The van der Waals surface area contributed by atoms with Crippen molar-refractivity contribution >= 4 is 11.9 Å². The van der Waals surface area contributed by atoms with Crippen LogP contribution in [0.2, 0.25) is 0 Å². The van der Waals surface area contributed by atoms with Crippen LogP contribution in [-0.4, -0.2) is 29.1 Å². The van der Waals surface area contributed by atoms with Crippen LogP contribution < -0.4 is 5.32 Å². The molecule has 1 saturated carbocycles. The Hall–Kier alpha value is -2.56. The summed E-state index contributed by atoms with van der Waals surface area (Å²) in [6, 6.07) is 11.8. The summed E-state index contributed by atoms with van der Waals surface area (Å²) in [5.74, 6) is -0.468. The highest BCUT2D eigenvalue weighted by Gasteiger charge is 2.41. The molecule has 1 aliphatic carbocycles. The molecule has 5 heteroatoms. The zero-order chi connectivity index (χ0) is 17.7. The van der Waals surface area contributed by atoms with Crippen LogP contribution in [0.15, 0.2) is 48.8 Å². The molecule has 0 radical (unpaired) electrons. The number of nitrogens with one attached hydrogen (secondary N) is 1. The highest BCUT2D eigenvalue weighted by atomic mass is 16.5. The first-order valence-electron chi connectivity index (χ1n) is 8.75. The summed E-state index contributed by atoms with van der Waals surface area (Å²) in [5, 5.41) is 2.96. The van der Waals surface area contributed by atoms with E-state index in [9.17, 15) is 9.59 Å². The van der Waals surface area contributed by atoms with E-state index in [0.29, 0.717) is 12.8 Å². The lowest BCUT2D eigenvalue weighted by Crippen LogP contribution is -2.56. The number of hydrogen-bond acceptors (Lipinski definition) is 3. The lowest BCUT2D eigenvalue weighted by Gasteiger charge is -2.35. The van der Waals surface area contributed by atoms with E-state index in [1.165, 1.54) is 7.11 Å². The predicted octanol–water partition coefficient (Wildman–Crippen LogP) is 3.01. The van der Waals surface area contributed by atoms with Crippen molar-refractivity contribution in [1.29, 1.82) is 0 Å². The largest absolute Gasteiger partial charge is 0.467 e. The molecular formula is C20H24N2O3. The Labute approximate surface area is 148 Å². The molecule has 0 unspecified atom stereocenters. The summed E-state index contributed by atoms with van der Waals surface area (Å²) in [4.78, 5) is 24.7. The molecule has 1 aromatic heterocycles. The fourth-order valence-electron chi connectivity index (χ4n) is 3.52. The number of rotatable bonds is 5. The molecule has 25 heavy (non-hydrogen) atoms. The van der Waals surface area contributed by atoms with Crippen molar-refractivity contribution in [3.63, 3.8) is 0 Å². The standard InChI is InChI=1S/C20H24N2O3/c1-25-19(24)20(11-3-2-4-12-20)21-18(23)15-16-7-9-17(10-8-16)22-13-5-6-14-22/h5-10,13-14H,2-4,11-12,15H2,1H3,(H,21,23). The monoisotopic (exact) mass is 340 g/mol. The normalized spacial score (nSPS) is 16.2. The summed E-state index contributed by atoms with van der Waals surface area (Å²) in [7, 11) is 1.38. The smallest absolute Gasteiger partial charge is 0.331 e. The van der Waals surface area contributed by atoms with E-state index >= 15 is 0 Å². The van der Waals surface area contributed by atoms with Gasteiger partial charge in [-0.05, 0) is 42.7 Å². The van der Waals surface area contributed by atoms with Crippen LogP contribution >= 0.6 is 0 Å². The zero-order valence-electron chi connectivity index (χ0n) is 14.5. The van der Waals surface area contributed by atoms with Gasteiger partial charge in [0.15, 0.2) is 0 Å². The van der Waals surface area contributed by atoms with Gasteiger partial charge in [0.25, 0.3) is 0 Å². The first-order valence-corrected chi connectivity index (χ1v) is 8.75. The predicted molar refractivity (Wildman–Crippen MR) is 95.4 cm³/mol. The highest BCUT2D eigenvalue weighted by molar-refractivity contribution is 5.89. The average Bonchev–Trinajstić information content (AvgIpc) is 3.17. The number of hydrogen-bond donors (Lipinski definition) is 1. The molecule has 1 fully saturated rings. The fourth-order valence-corrected chi connectivity index (χ4v) is 3.52. The van der Waals surface area contributed by atoms with Gasteiger partial charge in [-0.1, -0.05) is 31.4 Å². The molecule has 1 amide bonds. The average molecular weight is 340 g/mol. The van der Waals surface area contributed by atoms with Crippen molar-refractivity contribution in [2.75, 3.05) is 7.11 Å². The van der Waals surface area contributed by atoms with E-state index in [1.807, 2.05) is 53.4 Å². The van der Waals surface area contributed by atoms with E-state index in [0.717, 1.165) is 30.5 Å². The molecule has 1 heterocycles. The minimum Gasteiger partial charge on any atom is -0.467 e. The molecule has 0 spiro atoms. The fraction of sp³-hybridized carbons (Fsp3) is 0.400. The summed E-state index contributed by atoms with van der Waals surface area (Å²) < 4.78 is 6.96. The number of amides is 1. The van der Waals surface area contributed by atoms with E-state index in [4.69, 9.17) is 4.74 Å². The minimum absolute atomic E-state index is 0.138. The number of ether oxygens (including phenoxy) is 1. The van der Waals surface area contributed by atoms with Crippen LogP contribution in [0.25, 0.3) is 5.69 Å². The van der Waals surface area contributed by atoms with Gasteiger partial charge in [-0.2, -0.15) is 0 Å².